The zero-order chi connectivity index (χ0) is 18.3. The Bertz CT molecular complexity index is 1080. The van der Waals surface area contributed by atoms with Crippen molar-refractivity contribution in [2.75, 3.05) is 0 Å². The number of hydrogen-bond donors (Lipinski definition) is 0. The molecule has 26 heavy (non-hydrogen) atoms. The van der Waals surface area contributed by atoms with E-state index < -0.39 is 0 Å². The third-order valence-electron chi connectivity index (χ3n) is 5.05. The van der Waals surface area contributed by atoms with E-state index in [1.54, 1.807) is 0 Å². The maximum Gasteiger partial charge on any atom is 0.141 e. The van der Waals surface area contributed by atoms with Crippen molar-refractivity contribution in [2.45, 2.75) is 34.2 Å². The second-order valence-corrected chi connectivity index (χ2v) is 7.31. The number of para-hydroxylation sites is 2. The minimum Gasteiger partial charge on any atom is -0.319 e. The van der Waals surface area contributed by atoms with Crippen molar-refractivity contribution < 1.29 is 0 Å². The molecule has 0 amide bonds. The second-order valence-electron chi connectivity index (χ2n) is 7.31. The Morgan fingerprint density at radius 3 is 2.23 bits per heavy atom. The molecule has 0 radical (unpaired) electrons. The van der Waals surface area contributed by atoms with Gasteiger partial charge in [0.2, 0.25) is 0 Å². The van der Waals surface area contributed by atoms with Crippen LogP contribution < -0.4 is 0 Å². The molecule has 4 aromatic rings. The zero-order valence-electron chi connectivity index (χ0n) is 15.9. The van der Waals surface area contributed by atoms with Gasteiger partial charge in [0, 0.05) is 12.1 Å². The highest BCUT2D eigenvalue weighted by molar-refractivity contribution is 5.81. The summed E-state index contributed by atoms with van der Waals surface area (Å²) in [6.45, 7) is 9.45. The van der Waals surface area contributed by atoms with Crippen molar-refractivity contribution in [3.63, 3.8) is 0 Å². The van der Waals surface area contributed by atoms with Crippen molar-refractivity contribution >= 4 is 11.0 Å². The van der Waals surface area contributed by atoms with Crippen molar-refractivity contribution in [3.8, 4) is 11.4 Å². The quantitative estimate of drug-likeness (QED) is 0.448. The van der Waals surface area contributed by atoms with Crippen molar-refractivity contribution in [1.29, 1.82) is 0 Å². The maximum absolute atomic E-state index is 4.96. The van der Waals surface area contributed by atoms with Gasteiger partial charge in [-0.15, -0.1) is 0 Å². The Morgan fingerprint density at radius 1 is 0.769 bits per heavy atom. The van der Waals surface area contributed by atoms with E-state index in [-0.39, 0.29) is 0 Å². The van der Waals surface area contributed by atoms with Gasteiger partial charge in [0.15, 0.2) is 0 Å². The van der Waals surface area contributed by atoms with E-state index >= 15 is 0 Å². The molecule has 1 aromatic heterocycles. The molecular formula is C24H24N2. The molecule has 0 N–H and O–H groups in total. The molecule has 4 rings (SSSR count). The smallest absolute Gasteiger partial charge is 0.141 e. The molecule has 0 saturated carbocycles. The molecule has 0 aliphatic heterocycles. The fourth-order valence-electron chi connectivity index (χ4n) is 3.64. The first-order valence-corrected chi connectivity index (χ1v) is 9.11. The summed E-state index contributed by atoms with van der Waals surface area (Å²) in [6.07, 6.45) is 0. The lowest BCUT2D eigenvalue weighted by atomic mass is 10.1. The van der Waals surface area contributed by atoms with Crippen molar-refractivity contribution in [1.82, 2.24) is 9.55 Å². The second kappa shape index (κ2) is 6.45. The standard InChI is InChI=1S/C24H24N2/c1-16-11-17(2)13-21(12-16)24-25-22-7-5-6-8-23(22)26(24)15-20-10-9-18(3)19(4)14-20/h5-14H,15H2,1-4H3. The van der Waals surface area contributed by atoms with Crippen LogP contribution >= 0.6 is 0 Å². The van der Waals surface area contributed by atoms with E-state index in [0.717, 1.165) is 17.9 Å². The molecule has 0 aliphatic carbocycles. The van der Waals surface area contributed by atoms with Crippen molar-refractivity contribution in [2.24, 2.45) is 0 Å². The number of benzene rings is 3. The highest BCUT2D eigenvalue weighted by Gasteiger charge is 2.13. The van der Waals surface area contributed by atoms with Crippen LogP contribution in [0.25, 0.3) is 22.4 Å². The summed E-state index contributed by atoms with van der Waals surface area (Å²) in [5, 5.41) is 0. The Morgan fingerprint density at radius 2 is 1.50 bits per heavy atom. The minimum absolute atomic E-state index is 0.823. The number of imidazole rings is 1. The lowest BCUT2D eigenvalue weighted by molar-refractivity contribution is 0.832. The monoisotopic (exact) mass is 340 g/mol. The fraction of sp³-hybridized carbons (Fsp3) is 0.208. The van der Waals surface area contributed by atoms with Gasteiger partial charge >= 0.3 is 0 Å². The summed E-state index contributed by atoms with van der Waals surface area (Å²) in [4.78, 5) is 4.96. The van der Waals surface area contributed by atoms with Crippen LogP contribution in [-0.2, 0) is 6.54 Å². The minimum atomic E-state index is 0.823. The first kappa shape index (κ1) is 16.6. The SMILES string of the molecule is Cc1cc(C)cc(-c2nc3ccccc3n2Cc2ccc(C)c(C)c2)c1. The third-order valence-corrected chi connectivity index (χ3v) is 5.05. The zero-order valence-corrected chi connectivity index (χ0v) is 15.9. The van der Waals surface area contributed by atoms with Gasteiger partial charge in [-0.05, 0) is 68.7 Å². The van der Waals surface area contributed by atoms with Crippen LogP contribution in [0.15, 0.2) is 60.7 Å². The molecule has 130 valence electrons. The molecule has 2 heteroatoms. The van der Waals surface area contributed by atoms with Gasteiger partial charge in [0.25, 0.3) is 0 Å². The summed E-state index contributed by atoms with van der Waals surface area (Å²) in [5.41, 5.74) is 9.92. The molecule has 2 nitrogen and oxygen atoms in total. The van der Waals surface area contributed by atoms with E-state index in [1.807, 2.05) is 0 Å². The van der Waals surface area contributed by atoms with Gasteiger partial charge in [-0.1, -0.05) is 47.5 Å². The van der Waals surface area contributed by atoms with Crippen LogP contribution in [0.2, 0.25) is 0 Å². The molecule has 0 unspecified atom stereocenters. The average Bonchev–Trinajstić information content (AvgIpc) is 2.96. The predicted octanol–water partition coefficient (Wildman–Crippen LogP) is 5.99. The Kier molecular flexibility index (Phi) is 4.12. The van der Waals surface area contributed by atoms with Gasteiger partial charge in [0.05, 0.1) is 11.0 Å². The average molecular weight is 340 g/mol. The van der Waals surface area contributed by atoms with Gasteiger partial charge in [-0.25, -0.2) is 4.98 Å². The highest BCUT2D eigenvalue weighted by Crippen LogP contribution is 2.27. The summed E-state index contributed by atoms with van der Waals surface area (Å²) in [5.74, 6) is 1.04. The number of aryl methyl sites for hydroxylation is 4. The van der Waals surface area contributed by atoms with Gasteiger partial charge in [-0.3, -0.25) is 0 Å². The molecule has 1 heterocycles. The first-order chi connectivity index (χ1) is 12.5. The van der Waals surface area contributed by atoms with Crippen molar-refractivity contribution in [3.05, 3.63) is 88.5 Å². The third kappa shape index (κ3) is 3.03. The van der Waals surface area contributed by atoms with Crippen LogP contribution in [0.5, 0.6) is 0 Å². The number of hydrogen-bond acceptors (Lipinski definition) is 1. The molecule has 0 aliphatic rings. The molecule has 0 spiro atoms. The van der Waals surface area contributed by atoms with Crippen LogP contribution in [0.1, 0.15) is 27.8 Å². The molecular weight excluding hydrogens is 316 g/mol. The summed E-state index contributed by atoms with van der Waals surface area (Å²) in [7, 11) is 0. The number of aromatic nitrogens is 2. The number of rotatable bonds is 3. The molecule has 3 aromatic carbocycles. The summed E-state index contributed by atoms with van der Waals surface area (Å²) >= 11 is 0. The highest BCUT2D eigenvalue weighted by atomic mass is 15.1. The Balaban J connectivity index is 1.90. The van der Waals surface area contributed by atoms with Gasteiger partial charge in [-0.2, -0.15) is 0 Å². The van der Waals surface area contributed by atoms with Crippen LogP contribution in [0.4, 0.5) is 0 Å². The molecule has 0 atom stereocenters. The van der Waals surface area contributed by atoms with E-state index in [0.29, 0.717) is 0 Å². The van der Waals surface area contributed by atoms with E-state index in [1.165, 1.54) is 38.9 Å². The molecule has 0 bridgehead atoms. The topological polar surface area (TPSA) is 17.8 Å². The van der Waals surface area contributed by atoms with Crippen LogP contribution in [0.3, 0.4) is 0 Å². The first-order valence-electron chi connectivity index (χ1n) is 9.11. The number of fused-ring (bicyclic) bond motifs is 1. The maximum atomic E-state index is 4.96. The summed E-state index contributed by atoms with van der Waals surface area (Å²) in [6, 6.07) is 21.8. The Hall–Kier alpha value is -2.87. The fourth-order valence-corrected chi connectivity index (χ4v) is 3.64. The predicted molar refractivity (Wildman–Crippen MR) is 110 cm³/mol. The van der Waals surface area contributed by atoms with E-state index in [4.69, 9.17) is 4.98 Å². The molecule has 0 saturated heterocycles. The van der Waals surface area contributed by atoms with Crippen LogP contribution in [-0.4, -0.2) is 9.55 Å². The lowest BCUT2D eigenvalue weighted by Crippen LogP contribution is -2.03. The van der Waals surface area contributed by atoms with E-state index in [2.05, 4.69) is 92.9 Å². The normalized spacial score (nSPS) is 11.2. The molecule has 0 fully saturated rings. The largest absolute Gasteiger partial charge is 0.319 e. The number of nitrogens with zero attached hydrogens (tertiary/aromatic N) is 2. The Labute approximate surface area is 155 Å². The van der Waals surface area contributed by atoms with Crippen LogP contribution in [0, 0.1) is 27.7 Å². The van der Waals surface area contributed by atoms with E-state index in [9.17, 15) is 0 Å². The van der Waals surface area contributed by atoms with Gasteiger partial charge in [0.1, 0.15) is 5.82 Å². The van der Waals surface area contributed by atoms with Gasteiger partial charge < -0.3 is 4.57 Å². The summed E-state index contributed by atoms with van der Waals surface area (Å²) < 4.78 is 2.34. The lowest BCUT2D eigenvalue weighted by Gasteiger charge is -2.12.